The first-order valence-corrected chi connectivity index (χ1v) is 12.3. The average Bonchev–Trinajstić information content (AvgIpc) is 2.91. The summed E-state index contributed by atoms with van der Waals surface area (Å²) in [5, 5.41) is 3.40. The molecule has 37 heavy (non-hydrogen) atoms. The molecular weight excluding hydrogens is 473 g/mol. The summed E-state index contributed by atoms with van der Waals surface area (Å²) in [4.78, 5) is 25.2. The van der Waals surface area contributed by atoms with E-state index in [1.165, 1.54) is 6.07 Å². The van der Waals surface area contributed by atoms with Gasteiger partial charge in [-0.2, -0.15) is 4.39 Å². The number of H-pyrrole nitrogens is 1. The minimum atomic E-state index is -0.492. The highest BCUT2D eigenvalue weighted by molar-refractivity contribution is 5.58. The van der Waals surface area contributed by atoms with Crippen LogP contribution in [0.4, 0.5) is 15.8 Å². The summed E-state index contributed by atoms with van der Waals surface area (Å²) in [6.45, 7) is 3.73. The van der Waals surface area contributed by atoms with Gasteiger partial charge in [0.25, 0.3) is 0 Å². The molecule has 0 spiro atoms. The Hall–Kier alpha value is -4.24. The van der Waals surface area contributed by atoms with Crippen molar-refractivity contribution in [2.75, 3.05) is 29.9 Å². The lowest BCUT2D eigenvalue weighted by atomic mass is 9.98. The second-order valence-electron chi connectivity index (χ2n) is 9.25. The predicted molar refractivity (Wildman–Crippen MR) is 138 cm³/mol. The van der Waals surface area contributed by atoms with E-state index in [1.54, 1.807) is 30.6 Å². The summed E-state index contributed by atoms with van der Waals surface area (Å²) < 4.78 is 26.0. The number of rotatable bonds is 5. The highest BCUT2D eigenvalue weighted by Gasteiger charge is 2.30. The third-order valence-electron chi connectivity index (χ3n) is 6.73. The Kier molecular flexibility index (Phi) is 6.05. The van der Waals surface area contributed by atoms with Crippen molar-refractivity contribution in [3.63, 3.8) is 0 Å². The van der Waals surface area contributed by atoms with E-state index in [-0.39, 0.29) is 17.7 Å². The lowest BCUT2D eigenvalue weighted by Gasteiger charge is -2.35. The largest absolute Gasteiger partial charge is 0.455 e. The number of anilines is 2. The highest BCUT2D eigenvalue weighted by atomic mass is 19.1. The zero-order valence-electron chi connectivity index (χ0n) is 20.3. The summed E-state index contributed by atoms with van der Waals surface area (Å²) in [5.74, 6) is 1.00. The maximum absolute atomic E-state index is 13.5. The number of nitrogens with zero attached hydrogens (tertiary/aromatic N) is 3. The van der Waals surface area contributed by atoms with E-state index in [9.17, 15) is 9.18 Å². The fourth-order valence-electron chi connectivity index (χ4n) is 4.88. The van der Waals surface area contributed by atoms with Gasteiger partial charge < -0.3 is 24.7 Å². The van der Waals surface area contributed by atoms with E-state index in [2.05, 4.69) is 31.2 Å². The molecule has 2 atom stereocenters. The Labute approximate surface area is 213 Å². The van der Waals surface area contributed by atoms with Crippen molar-refractivity contribution < 1.29 is 13.9 Å². The van der Waals surface area contributed by atoms with Crippen molar-refractivity contribution in [1.82, 2.24) is 15.0 Å². The first-order valence-electron chi connectivity index (χ1n) is 12.3. The number of aromatic nitrogens is 3. The number of halogens is 1. The standard InChI is InChI=1S/C28H26FN5O3/c1-17(22-3-2-4-25(29)33-22)32-20-5-6-23-19(14-20)13-18-7-9-31-27(28(18)37-23)24-16-34(11-12-36-24)21-8-10-30-26(35)15-21/h2-10,14-15,17,24,32H,11-13,16H2,1H3,(H,30,35). The molecule has 2 unspecified atom stereocenters. The lowest BCUT2D eigenvalue weighted by molar-refractivity contribution is 0.0355. The monoisotopic (exact) mass is 499 g/mol. The summed E-state index contributed by atoms with van der Waals surface area (Å²) in [7, 11) is 0. The van der Waals surface area contributed by atoms with Gasteiger partial charge in [-0.1, -0.05) is 6.07 Å². The first-order chi connectivity index (χ1) is 18.0. The smallest absolute Gasteiger partial charge is 0.249 e. The average molecular weight is 500 g/mol. The van der Waals surface area contributed by atoms with Gasteiger partial charge in [-0.25, -0.2) is 4.98 Å². The molecule has 0 saturated carbocycles. The van der Waals surface area contributed by atoms with Gasteiger partial charge in [-0.05, 0) is 49.4 Å². The SMILES string of the molecule is CC(Nc1ccc2c(c1)Cc1ccnc(C3CN(c4cc[nH]c(=O)c4)CCO3)c1O2)c1cccc(F)n1. The summed E-state index contributed by atoms with van der Waals surface area (Å²) >= 11 is 0. The summed E-state index contributed by atoms with van der Waals surface area (Å²) in [5.41, 5.74) is 5.10. The van der Waals surface area contributed by atoms with Crippen molar-refractivity contribution in [3.8, 4) is 11.5 Å². The lowest BCUT2D eigenvalue weighted by Crippen LogP contribution is -2.39. The van der Waals surface area contributed by atoms with Crippen molar-refractivity contribution in [1.29, 1.82) is 0 Å². The van der Waals surface area contributed by atoms with Gasteiger partial charge in [0.1, 0.15) is 17.5 Å². The summed E-state index contributed by atoms with van der Waals surface area (Å²) in [6.07, 6.45) is 3.85. The topological polar surface area (TPSA) is 92.4 Å². The Balaban J connectivity index is 1.22. The molecule has 2 aliphatic heterocycles. The van der Waals surface area contributed by atoms with Crippen molar-refractivity contribution in [2.24, 2.45) is 0 Å². The molecule has 4 aromatic rings. The predicted octanol–water partition coefficient (Wildman–Crippen LogP) is 4.75. The highest BCUT2D eigenvalue weighted by Crippen LogP contribution is 2.42. The third kappa shape index (κ3) is 4.77. The molecule has 9 heteroatoms. The van der Waals surface area contributed by atoms with Gasteiger partial charge in [0, 0.05) is 53.9 Å². The fraction of sp³-hybridized carbons (Fsp3) is 0.250. The number of pyridine rings is 3. The molecule has 0 amide bonds. The number of fused-ring (bicyclic) bond motifs is 2. The number of hydrogen-bond donors (Lipinski definition) is 2. The van der Waals surface area contributed by atoms with Gasteiger partial charge in [0.05, 0.1) is 24.9 Å². The van der Waals surface area contributed by atoms with Crippen molar-refractivity contribution in [3.05, 3.63) is 106 Å². The van der Waals surface area contributed by atoms with E-state index in [4.69, 9.17) is 9.47 Å². The Bertz CT molecular complexity index is 1510. The summed E-state index contributed by atoms with van der Waals surface area (Å²) in [6, 6.07) is 16.0. The number of aromatic amines is 1. The van der Waals surface area contributed by atoms with E-state index in [0.717, 1.165) is 39.7 Å². The quantitative estimate of drug-likeness (QED) is 0.337. The molecule has 2 N–H and O–H groups in total. The van der Waals surface area contributed by atoms with Crippen molar-refractivity contribution >= 4 is 11.4 Å². The molecule has 1 aromatic carbocycles. The zero-order chi connectivity index (χ0) is 25.4. The first kappa shape index (κ1) is 23.2. The zero-order valence-corrected chi connectivity index (χ0v) is 20.3. The molecule has 5 heterocycles. The van der Waals surface area contributed by atoms with Crippen LogP contribution in [-0.2, 0) is 11.2 Å². The number of benzene rings is 1. The minimum absolute atomic E-state index is 0.133. The van der Waals surface area contributed by atoms with E-state index in [0.29, 0.717) is 31.8 Å². The normalized spacial score (nSPS) is 17.4. The van der Waals surface area contributed by atoms with Gasteiger partial charge in [0.15, 0.2) is 5.75 Å². The van der Waals surface area contributed by atoms with Gasteiger partial charge in [-0.15, -0.1) is 0 Å². The fourth-order valence-corrected chi connectivity index (χ4v) is 4.88. The van der Waals surface area contributed by atoms with Crippen LogP contribution in [-0.4, -0.2) is 34.6 Å². The number of ether oxygens (including phenoxy) is 2. The van der Waals surface area contributed by atoms with Crippen LogP contribution in [0.15, 0.2) is 71.8 Å². The molecule has 0 bridgehead atoms. The second-order valence-corrected chi connectivity index (χ2v) is 9.25. The molecule has 1 saturated heterocycles. The molecule has 0 aliphatic carbocycles. The Morgan fingerprint density at radius 1 is 1.16 bits per heavy atom. The maximum Gasteiger partial charge on any atom is 0.249 e. The number of morpholine rings is 1. The Morgan fingerprint density at radius 2 is 2.08 bits per heavy atom. The van der Waals surface area contributed by atoms with Crippen LogP contribution in [0, 0.1) is 5.95 Å². The van der Waals surface area contributed by atoms with Gasteiger partial charge >= 0.3 is 0 Å². The van der Waals surface area contributed by atoms with E-state index in [1.807, 2.05) is 31.2 Å². The van der Waals surface area contributed by atoms with Crippen LogP contribution in [0.2, 0.25) is 0 Å². The third-order valence-corrected chi connectivity index (χ3v) is 6.73. The second kappa shape index (κ2) is 9.67. The van der Waals surface area contributed by atoms with Crippen molar-refractivity contribution in [2.45, 2.75) is 25.5 Å². The number of hydrogen-bond acceptors (Lipinski definition) is 7. The molecule has 188 valence electrons. The van der Waals surface area contributed by atoms with E-state index < -0.39 is 5.95 Å². The molecule has 1 fully saturated rings. The molecule has 3 aromatic heterocycles. The minimum Gasteiger partial charge on any atom is -0.455 e. The molecule has 2 aliphatic rings. The van der Waals surface area contributed by atoms with Crippen LogP contribution in [0.1, 0.15) is 41.6 Å². The van der Waals surface area contributed by atoms with Gasteiger partial charge in [0.2, 0.25) is 11.5 Å². The molecule has 8 nitrogen and oxygen atoms in total. The van der Waals surface area contributed by atoms with E-state index >= 15 is 0 Å². The number of nitrogens with one attached hydrogen (secondary N) is 2. The van der Waals surface area contributed by atoms with Crippen LogP contribution < -0.4 is 20.5 Å². The Morgan fingerprint density at radius 3 is 2.95 bits per heavy atom. The van der Waals surface area contributed by atoms with Crippen LogP contribution >= 0.6 is 0 Å². The molecule has 0 radical (unpaired) electrons. The molecular formula is C28H26FN5O3. The van der Waals surface area contributed by atoms with Crippen LogP contribution in [0.25, 0.3) is 0 Å². The molecule has 6 rings (SSSR count). The maximum atomic E-state index is 13.5. The van der Waals surface area contributed by atoms with Crippen LogP contribution in [0.5, 0.6) is 11.5 Å². The van der Waals surface area contributed by atoms with Gasteiger partial charge in [-0.3, -0.25) is 9.78 Å². The van der Waals surface area contributed by atoms with Crippen LogP contribution in [0.3, 0.4) is 0 Å².